The molecule has 2 aliphatic heterocycles. The number of nitrogens with zero attached hydrogens (tertiary/aromatic N) is 4. The third kappa shape index (κ3) is 3.53. The fraction of sp³-hybridized carbons (Fsp3) is 0.556. The zero-order chi connectivity index (χ0) is 17.1. The van der Waals surface area contributed by atoms with Crippen LogP contribution in [0.4, 0.5) is 10.5 Å². The number of amides is 3. The number of piperazine rings is 1. The zero-order valence-corrected chi connectivity index (χ0v) is 14.6. The highest BCUT2D eigenvalue weighted by atomic mass is 16.2. The fourth-order valence-electron chi connectivity index (χ4n) is 3.27. The Hall–Kier alpha value is -2.08. The summed E-state index contributed by atoms with van der Waals surface area (Å²) in [6, 6.07) is 7.86. The predicted octanol–water partition coefficient (Wildman–Crippen LogP) is 1.40. The van der Waals surface area contributed by atoms with Crippen LogP contribution in [0.3, 0.4) is 0 Å². The van der Waals surface area contributed by atoms with Crippen molar-refractivity contribution in [2.45, 2.75) is 13.8 Å². The maximum atomic E-state index is 12.6. The van der Waals surface area contributed by atoms with Crippen molar-refractivity contribution in [2.24, 2.45) is 0 Å². The zero-order valence-electron chi connectivity index (χ0n) is 14.6. The van der Waals surface area contributed by atoms with Crippen LogP contribution >= 0.6 is 0 Å². The lowest BCUT2D eigenvalue weighted by Gasteiger charge is -2.34. The molecular formula is C18H26N4O2. The molecule has 0 unspecified atom stereocenters. The highest BCUT2D eigenvalue weighted by Gasteiger charge is 2.32. The Morgan fingerprint density at radius 1 is 1.00 bits per heavy atom. The van der Waals surface area contributed by atoms with E-state index in [-0.39, 0.29) is 18.5 Å². The summed E-state index contributed by atoms with van der Waals surface area (Å²) in [6.45, 7) is 9.99. The monoisotopic (exact) mass is 330 g/mol. The first-order valence-electron chi connectivity index (χ1n) is 8.71. The topological polar surface area (TPSA) is 47.1 Å². The lowest BCUT2D eigenvalue weighted by molar-refractivity contribution is -0.133. The van der Waals surface area contributed by atoms with Crippen LogP contribution in [0.5, 0.6) is 0 Å². The summed E-state index contributed by atoms with van der Waals surface area (Å²) < 4.78 is 0. The summed E-state index contributed by atoms with van der Waals surface area (Å²) in [4.78, 5) is 32.7. The van der Waals surface area contributed by atoms with Crippen LogP contribution in [-0.4, -0.2) is 79.0 Å². The molecule has 0 N–H and O–H groups in total. The van der Waals surface area contributed by atoms with Crippen molar-refractivity contribution in [2.75, 3.05) is 57.3 Å². The van der Waals surface area contributed by atoms with Crippen molar-refractivity contribution in [3.05, 3.63) is 29.8 Å². The second-order valence-electron chi connectivity index (χ2n) is 6.51. The molecule has 2 saturated heterocycles. The Morgan fingerprint density at radius 2 is 1.67 bits per heavy atom. The van der Waals surface area contributed by atoms with Gasteiger partial charge in [-0.2, -0.15) is 0 Å². The molecule has 0 bridgehead atoms. The molecule has 1 aromatic rings. The molecule has 0 aliphatic carbocycles. The first-order valence-corrected chi connectivity index (χ1v) is 8.71. The van der Waals surface area contributed by atoms with Crippen molar-refractivity contribution < 1.29 is 9.59 Å². The molecule has 1 aromatic carbocycles. The molecule has 2 aliphatic rings. The minimum Gasteiger partial charge on any atom is -0.339 e. The number of aryl methyl sites for hydroxylation is 1. The number of likely N-dealkylation sites (N-methyl/N-ethyl adjacent to an activating group) is 1. The third-order valence-corrected chi connectivity index (χ3v) is 4.94. The van der Waals surface area contributed by atoms with E-state index in [1.165, 1.54) is 5.56 Å². The van der Waals surface area contributed by atoms with E-state index in [2.05, 4.69) is 11.8 Å². The Morgan fingerprint density at radius 3 is 2.29 bits per heavy atom. The van der Waals surface area contributed by atoms with Gasteiger partial charge in [0.25, 0.3) is 0 Å². The minimum absolute atomic E-state index is 0.0601. The SMILES string of the molecule is CCN1CCN(C(=O)CN2CCN(c3ccc(C)cc3)C2=O)CC1. The van der Waals surface area contributed by atoms with Gasteiger partial charge in [-0.1, -0.05) is 24.6 Å². The summed E-state index contributed by atoms with van der Waals surface area (Å²) in [5.41, 5.74) is 2.07. The quantitative estimate of drug-likeness (QED) is 0.838. The van der Waals surface area contributed by atoms with Crippen molar-refractivity contribution in [1.29, 1.82) is 0 Å². The van der Waals surface area contributed by atoms with E-state index in [0.29, 0.717) is 13.1 Å². The Bertz CT molecular complexity index is 594. The van der Waals surface area contributed by atoms with Gasteiger partial charge in [0.05, 0.1) is 0 Å². The van der Waals surface area contributed by atoms with E-state index in [0.717, 1.165) is 38.4 Å². The minimum atomic E-state index is -0.0700. The molecule has 0 radical (unpaired) electrons. The largest absolute Gasteiger partial charge is 0.339 e. The number of urea groups is 1. The van der Waals surface area contributed by atoms with Crippen LogP contribution in [0.2, 0.25) is 0 Å². The summed E-state index contributed by atoms with van der Waals surface area (Å²) in [6.07, 6.45) is 0. The van der Waals surface area contributed by atoms with E-state index in [1.807, 2.05) is 36.1 Å². The number of carbonyl (C=O) groups is 2. The molecule has 0 saturated carbocycles. The van der Waals surface area contributed by atoms with Gasteiger partial charge in [-0.05, 0) is 25.6 Å². The lowest BCUT2D eigenvalue weighted by atomic mass is 10.2. The Balaban J connectivity index is 1.56. The van der Waals surface area contributed by atoms with E-state index in [9.17, 15) is 9.59 Å². The number of benzene rings is 1. The van der Waals surface area contributed by atoms with Gasteiger partial charge in [-0.15, -0.1) is 0 Å². The Kier molecular flexibility index (Phi) is 5.04. The summed E-state index contributed by atoms with van der Waals surface area (Å²) >= 11 is 0. The Labute approximate surface area is 143 Å². The molecule has 6 nitrogen and oxygen atoms in total. The standard InChI is InChI=1S/C18H26N4O2/c1-3-19-8-10-20(11-9-19)17(23)14-21-12-13-22(18(21)24)16-6-4-15(2)5-7-16/h4-7H,3,8-14H2,1-2H3. The van der Waals surface area contributed by atoms with Gasteiger partial charge in [0, 0.05) is 45.0 Å². The highest BCUT2D eigenvalue weighted by Crippen LogP contribution is 2.20. The van der Waals surface area contributed by atoms with Crippen LogP contribution in [-0.2, 0) is 4.79 Å². The van der Waals surface area contributed by atoms with Crippen LogP contribution < -0.4 is 4.90 Å². The van der Waals surface area contributed by atoms with Crippen LogP contribution in [0.15, 0.2) is 24.3 Å². The highest BCUT2D eigenvalue weighted by molar-refractivity contribution is 5.96. The molecule has 24 heavy (non-hydrogen) atoms. The molecular weight excluding hydrogens is 304 g/mol. The maximum Gasteiger partial charge on any atom is 0.325 e. The second-order valence-corrected chi connectivity index (χ2v) is 6.51. The fourth-order valence-corrected chi connectivity index (χ4v) is 3.27. The maximum absolute atomic E-state index is 12.6. The molecule has 0 aromatic heterocycles. The number of carbonyl (C=O) groups excluding carboxylic acids is 2. The van der Waals surface area contributed by atoms with Gasteiger partial charge in [0.2, 0.25) is 5.91 Å². The molecule has 6 heteroatoms. The van der Waals surface area contributed by atoms with Gasteiger partial charge in [-0.3, -0.25) is 9.69 Å². The summed E-state index contributed by atoms with van der Waals surface area (Å²) in [7, 11) is 0. The average molecular weight is 330 g/mol. The molecule has 3 amide bonds. The van der Waals surface area contributed by atoms with Crippen molar-refractivity contribution in [3.8, 4) is 0 Å². The smallest absolute Gasteiger partial charge is 0.325 e. The average Bonchev–Trinajstić information content (AvgIpc) is 2.96. The molecule has 0 atom stereocenters. The van der Waals surface area contributed by atoms with Gasteiger partial charge >= 0.3 is 6.03 Å². The van der Waals surface area contributed by atoms with Gasteiger partial charge in [-0.25, -0.2) is 4.79 Å². The van der Waals surface area contributed by atoms with Crippen LogP contribution in [0.1, 0.15) is 12.5 Å². The molecule has 3 rings (SSSR count). The molecule has 130 valence electrons. The lowest BCUT2D eigenvalue weighted by Crippen LogP contribution is -2.51. The van der Waals surface area contributed by atoms with E-state index in [4.69, 9.17) is 0 Å². The van der Waals surface area contributed by atoms with E-state index < -0.39 is 0 Å². The van der Waals surface area contributed by atoms with Crippen molar-refractivity contribution in [3.63, 3.8) is 0 Å². The number of anilines is 1. The van der Waals surface area contributed by atoms with Crippen molar-refractivity contribution >= 4 is 17.6 Å². The van der Waals surface area contributed by atoms with Crippen molar-refractivity contribution in [1.82, 2.24) is 14.7 Å². The number of hydrogen-bond acceptors (Lipinski definition) is 3. The molecule has 2 heterocycles. The molecule has 0 spiro atoms. The van der Waals surface area contributed by atoms with Crippen LogP contribution in [0.25, 0.3) is 0 Å². The van der Waals surface area contributed by atoms with E-state index >= 15 is 0 Å². The summed E-state index contributed by atoms with van der Waals surface area (Å²) in [5.74, 6) is 0.0601. The predicted molar refractivity (Wildman–Crippen MR) is 94.2 cm³/mol. The third-order valence-electron chi connectivity index (χ3n) is 4.94. The normalized spacial score (nSPS) is 19.2. The molecule has 2 fully saturated rings. The first-order chi connectivity index (χ1) is 11.6. The summed E-state index contributed by atoms with van der Waals surface area (Å²) in [5, 5.41) is 0. The van der Waals surface area contributed by atoms with Gasteiger partial charge in [0.15, 0.2) is 0 Å². The number of hydrogen-bond donors (Lipinski definition) is 0. The van der Waals surface area contributed by atoms with E-state index in [1.54, 1.807) is 9.80 Å². The first kappa shape index (κ1) is 16.8. The van der Waals surface area contributed by atoms with Crippen LogP contribution in [0, 0.1) is 6.92 Å². The number of rotatable bonds is 4. The van der Waals surface area contributed by atoms with Gasteiger partial charge < -0.3 is 14.7 Å². The van der Waals surface area contributed by atoms with Gasteiger partial charge in [0.1, 0.15) is 6.54 Å². The second kappa shape index (κ2) is 7.21.